The Hall–Kier alpha value is -3.53. The van der Waals surface area contributed by atoms with Crippen LogP contribution in [-0.4, -0.2) is 73.0 Å². The maximum Gasteiger partial charge on any atom is 0.573 e. The molecule has 1 aliphatic rings. The van der Waals surface area contributed by atoms with Crippen molar-refractivity contribution in [3.8, 4) is 17.5 Å². The van der Waals surface area contributed by atoms with E-state index in [9.17, 15) is 31.5 Å². The molecule has 0 fully saturated rings. The normalized spacial score (nSPS) is 15.8. The summed E-state index contributed by atoms with van der Waals surface area (Å²) in [5.41, 5.74) is 0.755. The molecular weight excluding hydrogens is 579 g/mol. The number of aliphatic hydroxyl groups is 1. The van der Waals surface area contributed by atoms with Crippen molar-refractivity contribution in [3.05, 3.63) is 64.8 Å². The van der Waals surface area contributed by atoms with Crippen LogP contribution < -0.4 is 19.1 Å². The molecule has 11 nitrogen and oxygen atoms in total. The summed E-state index contributed by atoms with van der Waals surface area (Å²) in [5.74, 6) is -1.08. The van der Waals surface area contributed by atoms with Gasteiger partial charge in [-0.25, -0.2) is 13.1 Å². The van der Waals surface area contributed by atoms with Crippen LogP contribution in [-0.2, 0) is 16.6 Å². The fraction of sp³-hybridized carbons (Fsp3) is 0.333. The van der Waals surface area contributed by atoms with Crippen LogP contribution in [0.1, 0.15) is 22.5 Å². The van der Waals surface area contributed by atoms with Gasteiger partial charge in [0.15, 0.2) is 11.5 Å². The highest BCUT2D eigenvalue weighted by Gasteiger charge is 2.40. The lowest BCUT2D eigenvalue weighted by Crippen LogP contribution is -2.55. The molecule has 0 radical (unpaired) electrons. The van der Waals surface area contributed by atoms with E-state index in [1.165, 1.54) is 28.6 Å². The van der Waals surface area contributed by atoms with Gasteiger partial charge in [0.05, 0.1) is 12.8 Å². The number of ether oxygens (including phenoxy) is 2. The minimum absolute atomic E-state index is 0.00540. The number of nitrogens with one attached hydrogen (secondary N) is 1. The van der Waals surface area contributed by atoms with Gasteiger partial charge >= 0.3 is 12.4 Å². The Bertz CT molecular complexity index is 1480. The number of aromatic nitrogens is 2. The highest BCUT2D eigenvalue weighted by Crippen LogP contribution is 2.36. The van der Waals surface area contributed by atoms with Crippen molar-refractivity contribution in [2.45, 2.75) is 25.7 Å². The van der Waals surface area contributed by atoms with Gasteiger partial charge in [0.25, 0.3) is 5.91 Å². The van der Waals surface area contributed by atoms with Gasteiger partial charge in [-0.15, -0.1) is 13.2 Å². The van der Waals surface area contributed by atoms with E-state index in [0.717, 1.165) is 23.3 Å². The van der Waals surface area contributed by atoms with E-state index in [2.05, 4.69) is 14.4 Å². The molecular formula is C24H25ClF3N5O6S. The van der Waals surface area contributed by atoms with Gasteiger partial charge in [0.1, 0.15) is 11.5 Å². The molecule has 1 aliphatic heterocycles. The van der Waals surface area contributed by atoms with Crippen molar-refractivity contribution < 1.29 is 41.0 Å². The van der Waals surface area contributed by atoms with E-state index in [1.807, 2.05) is 0 Å². The molecule has 216 valence electrons. The lowest BCUT2D eigenvalue weighted by molar-refractivity contribution is -0.274. The summed E-state index contributed by atoms with van der Waals surface area (Å²) < 4.78 is 74.5. The Morgan fingerprint density at radius 3 is 2.48 bits per heavy atom. The van der Waals surface area contributed by atoms with Gasteiger partial charge in [-0.1, -0.05) is 29.8 Å². The van der Waals surface area contributed by atoms with Crippen molar-refractivity contribution in [3.63, 3.8) is 0 Å². The molecule has 2 aromatic carbocycles. The van der Waals surface area contributed by atoms with Crippen LogP contribution in [0.25, 0.3) is 0 Å². The van der Waals surface area contributed by atoms with E-state index < -0.39 is 34.4 Å². The molecule has 0 saturated heterocycles. The van der Waals surface area contributed by atoms with Crippen LogP contribution in [0.4, 0.5) is 19.0 Å². The van der Waals surface area contributed by atoms with Crippen LogP contribution in [0.5, 0.6) is 17.5 Å². The number of sulfonamides is 1. The molecule has 2 N–H and O–H groups in total. The molecule has 1 atom stereocenters. The standard InChI is InChI=1S/C24H25ClF3N5O6S/c1-31-20-19(21(34)32(23(31)35)12-4-11-29-40(2,36)37)33(14-15-7-9-16(25)10-8-15)22(30-20)38-17-5-3-6-18(13-17)39-24(26,27)28/h3,5-10,13,23,29,35H,4,11-12,14H2,1-2H3. The van der Waals surface area contributed by atoms with Crippen molar-refractivity contribution in [1.29, 1.82) is 0 Å². The van der Waals surface area contributed by atoms with Crippen LogP contribution in [0, 0.1) is 0 Å². The van der Waals surface area contributed by atoms with Gasteiger partial charge in [-0.2, -0.15) is 4.98 Å². The Balaban J connectivity index is 1.70. The first-order valence-electron chi connectivity index (χ1n) is 11.8. The SMILES string of the molecule is CN1c2nc(Oc3cccc(OC(F)(F)F)c3)n(Cc3ccc(Cl)cc3)c2C(=O)N(CCCNS(C)(=O)=O)C1O. The number of anilines is 1. The molecule has 4 rings (SSSR count). The Morgan fingerprint density at radius 1 is 1.15 bits per heavy atom. The van der Waals surface area contributed by atoms with Crippen molar-refractivity contribution in [2.24, 2.45) is 0 Å². The summed E-state index contributed by atoms with van der Waals surface area (Å²) in [6.45, 7) is 0.110. The van der Waals surface area contributed by atoms with Gasteiger partial charge in [0.2, 0.25) is 16.4 Å². The number of hydrogen-bond acceptors (Lipinski definition) is 8. The number of imidazole rings is 1. The fourth-order valence-electron chi connectivity index (χ4n) is 4.00. The largest absolute Gasteiger partial charge is 0.573 e. The molecule has 0 aliphatic carbocycles. The van der Waals surface area contributed by atoms with Crippen molar-refractivity contribution >= 4 is 33.3 Å². The summed E-state index contributed by atoms with van der Waals surface area (Å²) in [7, 11) is -1.94. The number of carbonyl (C=O) groups excluding carboxylic acids is 1. The number of aliphatic hydroxyl groups excluding tert-OH is 1. The molecule has 16 heteroatoms. The molecule has 40 heavy (non-hydrogen) atoms. The molecule has 1 aromatic heterocycles. The maximum absolute atomic E-state index is 13.6. The maximum atomic E-state index is 13.6. The summed E-state index contributed by atoms with van der Waals surface area (Å²) in [6.07, 6.45) is -5.11. The molecule has 3 aromatic rings. The first kappa shape index (κ1) is 29.5. The Morgan fingerprint density at radius 2 is 1.82 bits per heavy atom. The summed E-state index contributed by atoms with van der Waals surface area (Å²) in [6, 6.07) is 11.4. The number of alkyl halides is 3. The minimum Gasteiger partial charge on any atom is -0.425 e. The van der Waals surface area contributed by atoms with Gasteiger partial charge in [-0.05, 0) is 36.2 Å². The highest BCUT2D eigenvalue weighted by atomic mass is 35.5. The Labute approximate surface area is 232 Å². The predicted octanol–water partition coefficient (Wildman–Crippen LogP) is 3.38. The zero-order chi connectivity index (χ0) is 29.2. The third-order valence-electron chi connectivity index (χ3n) is 5.78. The molecule has 1 unspecified atom stereocenters. The summed E-state index contributed by atoms with van der Waals surface area (Å²) in [5, 5.41) is 11.3. The lowest BCUT2D eigenvalue weighted by Gasteiger charge is -2.38. The third kappa shape index (κ3) is 7.15. The number of amides is 1. The van der Waals surface area contributed by atoms with Crippen LogP contribution in [0.3, 0.4) is 0 Å². The van der Waals surface area contributed by atoms with E-state index in [1.54, 1.807) is 24.3 Å². The average Bonchev–Trinajstić information content (AvgIpc) is 3.20. The van der Waals surface area contributed by atoms with Gasteiger partial charge in [0, 0.05) is 31.2 Å². The first-order valence-corrected chi connectivity index (χ1v) is 14.0. The van der Waals surface area contributed by atoms with E-state index in [0.29, 0.717) is 10.6 Å². The van der Waals surface area contributed by atoms with E-state index >= 15 is 0 Å². The Kier molecular flexibility index (Phi) is 8.49. The number of hydrogen-bond donors (Lipinski definition) is 2. The number of halogens is 4. The van der Waals surface area contributed by atoms with Gasteiger partial charge < -0.3 is 19.5 Å². The summed E-state index contributed by atoms with van der Waals surface area (Å²) in [4.78, 5) is 20.5. The smallest absolute Gasteiger partial charge is 0.425 e. The molecule has 0 bridgehead atoms. The quantitative estimate of drug-likeness (QED) is 0.338. The van der Waals surface area contributed by atoms with Crippen LogP contribution in [0.15, 0.2) is 48.5 Å². The first-order chi connectivity index (χ1) is 18.7. The zero-order valence-electron chi connectivity index (χ0n) is 21.2. The second-order valence-corrected chi connectivity index (χ2v) is 11.1. The average molecular weight is 604 g/mol. The fourth-order valence-corrected chi connectivity index (χ4v) is 4.64. The highest BCUT2D eigenvalue weighted by molar-refractivity contribution is 7.88. The second kappa shape index (κ2) is 11.5. The van der Waals surface area contributed by atoms with Crippen LogP contribution in [0.2, 0.25) is 5.02 Å². The molecule has 0 spiro atoms. The zero-order valence-corrected chi connectivity index (χ0v) is 22.8. The van der Waals surface area contributed by atoms with Crippen molar-refractivity contribution in [1.82, 2.24) is 19.2 Å². The third-order valence-corrected chi connectivity index (χ3v) is 6.76. The number of fused-ring (bicyclic) bond motifs is 1. The van der Waals surface area contributed by atoms with Crippen molar-refractivity contribution in [2.75, 3.05) is 31.3 Å². The number of rotatable bonds is 10. The molecule has 1 amide bonds. The molecule has 2 heterocycles. The van der Waals surface area contributed by atoms with E-state index in [-0.39, 0.29) is 49.3 Å². The van der Waals surface area contributed by atoms with E-state index in [4.69, 9.17) is 16.3 Å². The van der Waals surface area contributed by atoms with Crippen LogP contribution >= 0.6 is 11.6 Å². The predicted molar refractivity (Wildman–Crippen MR) is 139 cm³/mol. The second-order valence-electron chi connectivity index (χ2n) is 8.88. The number of benzene rings is 2. The topological polar surface area (TPSA) is 126 Å². The molecule has 0 saturated carbocycles. The minimum atomic E-state index is -4.91. The number of nitrogens with zero attached hydrogens (tertiary/aromatic N) is 4. The monoisotopic (exact) mass is 603 g/mol. The van der Waals surface area contributed by atoms with Gasteiger partial charge in [-0.3, -0.25) is 14.3 Å². The summed E-state index contributed by atoms with van der Waals surface area (Å²) >= 11 is 6.00. The number of carbonyl (C=O) groups is 1. The lowest BCUT2D eigenvalue weighted by atomic mass is 10.2.